The molecule has 0 aromatic heterocycles. The third-order valence-corrected chi connectivity index (χ3v) is 3.45. The second-order valence-corrected chi connectivity index (χ2v) is 4.93. The van der Waals surface area contributed by atoms with Crippen LogP contribution in [0.1, 0.15) is 12.8 Å². The van der Waals surface area contributed by atoms with Gasteiger partial charge in [-0.3, -0.25) is 9.59 Å². The fourth-order valence-electron chi connectivity index (χ4n) is 2.15. The minimum absolute atomic E-state index is 0.265. The number of carboxylic acid groups (broad SMARTS) is 1. The summed E-state index contributed by atoms with van der Waals surface area (Å²) in [6.45, 7) is 0. The molecule has 0 saturated heterocycles. The zero-order valence-corrected chi connectivity index (χ0v) is 10.9. The van der Waals surface area contributed by atoms with Crippen LogP contribution in [0.2, 0.25) is 5.02 Å². The Hall–Kier alpha value is -1.81. The summed E-state index contributed by atoms with van der Waals surface area (Å²) < 4.78 is 0. The van der Waals surface area contributed by atoms with Crippen LogP contribution in [0.25, 0.3) is 0 Å². The van der Waals surface area contributed by atoms with Crippen molar-refractivity contribution >= 4 is 29.2 Å². The van der Waals surface area contributed by atoms with Gasteiger partial charge in [0.2, 0.25) is 5.91 Å². The van der Waals surface area contributed by atoms with Gasteiger partial charge in [0.15, 0.2) is 0 Å². The van der Waals surface area contributed by atoms with Gasteiger partial charge in [-0.1, -0.05) is 23.8 Å². The standard InChI is InChI=1S/C14H14ClNO3/c15-9-5-7-10(8-6-9)16-13(17)11-3-1-2-4-12(11)14(18)19/h1-2,5-8,11-12H,3-4H2,(H,16,17)(H,18,19). The Morgan fingerprint density at radius 1 is 1.11 bits per heavy atom. The molecule has 100 valence electrons. The third-order valence-electron chi connectivity index (χ3n) is 3.20. The molecular weight excluding hydrogens is 266 g/mol. The average Bonchev–Trinajstić information content (AvgIpc) is 2.41. The maximum atomic E-state index is 12.1. The molecule has 1 aliphatic carbocycles. The maximum Gasteiger partial charge on any atom is 0.307 e. The first-order chi connectivity index (χ1) is 9.08. The number of amides is 1. The van der Waals surface area contributed by atoms with E-state index in [0.717, 1.165) is 0 Å². The molecule has 2 rings (SSSR count). The van der Waals surface area contributed by atoms with E-state index >= 15 is 0 Å². The third kappa shape index (κ3) is 3.35. The smallest absolute Gasteiger partial charge is 0.307 e. The molecule has 1 aromatic carbocycles. The molecule has 0 fully saturated rings. The lowest BCUT2D eigenvalue weighted by Crippen LogP contribution is -2.34. The highest BCUT2D eigenvalue weighted by Gasteiger charge is 2.33. The summed E-state index contributed by atoms with van der Waals surface area (Å²) in [6, 6.07) is 6.72. The summed E-state index contributed by atoms with van der Waals surface area (Å²) in [5.74, 6) is -2.38. The Labute approximate surface area is 116 Å². The maximum absolute atomic E-state index is 12.1. The van der Waals surface area contributed by atoms with Gasteiger partial charge in [-0.05, 0) is 37.1 Å². The predicted octanol–water partition coefficient (Wildman–Crippen LogP) is 2.95. The molecule has 0 bridgehead atoms. The predicted molar refractivity (Wildman–Crippen MR) is 73.1 cm³/mol. The molecule has 0 aliphatic heterocycles. The van der Waals surface area contributed by atoms with E-state index in [1.807, 2.05) is 12.2 Å². The Kier molecular flexibility index (Phi) is 4.22. The van der Waals surface area contributed by atoms with Crippen molar-refractivity contribution in [2.75, 3.05) is 5.32 Å². The largest absolute Gasteiger partial charge is 0.481 e. The molecule has 1 amide bonds. The average molecular weight is 280 g/mol. The van der Waals surface area contributed by atoms with E-state index in [4.69, 9.17) is 16.7 Å². The van der Waals surface area contributed by atoms with E-state index in [0.29, 0.717) is 23.6 Å². The van der Waals surface area contributed by atoms with E-state index in [1.54, 1.807) is 24.3 Å². The van der Waals surface area contributed by atoms with Gasteiger partial charge in [0.25, 0.3) is 0 Å². The Morgan fingerprint density at radius 2 is 1.68 bits per heavy atom. The second-order valence-electron chi connectivity index (χ2n) is 4.49. The lowest BCUT2D eigenvalue weighted by Gasteiger charge is -2.24. The Bertz CT molecular complexity index is 510. The monoisotopic (exact) mass is 279 g/mol. The number of allylic oxidation sites excluding steroid dienone is 2. The Morgan fingerprint density at radius 3 is 2.26 bits per heavy atom. The molecule has 0 heterocycles. The number of nitrogens with one attached hydrogen (secondary N) is 1. The second kappa shape index (κ2) is 5.89. The van der Waals surface area contributed by atoms with Gasteiger partial charge in [0.05, 0.1) is 11.8 Å². The summed E-state index contributed by atoms with van der Waals surface area (Å²) in [5, 5.41) is 12.4. The SMILES string of the molecule is O=C(O)C1CC=CCC1C(=O)Nc1ccc(Cl)cc1. The van der Waals surface area contributed by atoms with Crippen molar-refractivity contribution in [3.8, 4) is 0 Å². The van der Waals surface area contributed by atoms with Crippen molar-refractivity contribution in [1.82, 2.24) is 0 Å². The highest BCUT2D eigenvalue weighted by atomic mass is 35.5. The normalized spacial score (nSPS) is 21.9. The molecule has 0 saturated carbocycles. The minimum atomic E-state index is -0.930. The first-order valence-corrected chi connectivity index (χ1v) is 6.40. The fourth-order valence-corrected chi connectivity index (χ4v) is 2.27. The molecule has 2 N–H and O–H groups in total. The Balaban J connectivity index is 2.08. The van der Waals surface area contributed by atoms with Gasteiger partial charge in [-0.15, -0.1) is 0 Å². The fraction of sp³-hybridized carbons (Fsp3) is 0.286. The molecule has 0 radical (unpaired) electrons. The van der Waals surface area contributed by atoms with Crippen molar-refractivity contribution in [3.05, 3.63) is 41.4 Å². The van der Waals surface area contributed by atoms with E-state index < -0.39 is 17.8 Å². The number of carbonyl (C=O) groups is 2. The van der Waals surface area contributed by atoms with Crippen molar-refractivity contribution < 1.29 is 14.7 Å². The van der Waals surface area contributed by atoms with Crippen LogP contribution in [0.15, 0.2) is 36.4 Å². The topological polar surface area (TPSA) is 66.4 Å². The first kappa shape index (κ1) is 13.6. The number of anilines is 1. The molecule has 2 atom stereocenters. The van der Waals surface area contributed by atoms with Gasteiger partial charge in [0, 0.05) is 10.7 Å². The van der Waals surface area contributed by atoms with Crippen LogP contribution < -0.4 is 5.32 Å². The number of benzene rings is 1. The van der Waals surface area contributed by atoms with Gasteiger partial charge in [-0.2, -0.15) is 0 Å². The van der Waals surface area contributed by atoms with E-state index in [2.05, 4.69) is 5.32 Å². The number of halogens is 1. The van der Waals surface area contributed by atoms with E-state index in [1.165, 1.54) is 0 Å². The van der Waals surface area contributed by atoms with Crippen LogP contribution in [-0.4, -0.2) is 17.0 Å². The lowest BCUT2D eigenvalue weighted by molar-refractivity contribution is -0.146. The highest BCUT2D eigenvalue weighted by molar-refractivity contribution is 6.30. The molecule has 0 spiro atoms. The summed E-state index contributed by atoms with van der Waals surface area (Å²) in [6.07, 6.45) is 4.51. The summed E-state index contributed by atoms with van der Waals surface area (Å²) in [7, 11) is 0. The number of carboxylic acids is 1. The van der Waals surface area contributed by atoms with Crippen molar-refractivity contribution in [1.29, 1.82) is 0 Å². The van der Waals surface area contributed by atoms with Crippen molar-refractivity contribution in [2.45, 2.75) is 12.8 Å². The summed E-state index contributed by atoms with van der Waals surface area (Å²) >= 11 is 5.76. The number of hydrogen-bond donors (Lipinski definition) is 2. The van der Waals surface area contributed by atoms with Gasteiger partial charge in [-0.25, -0.2) is 0 Å². The van der Waals surface area contributed by atoms with Crippen LogP contribution in [0.3, 0.4) is 0 Å². The van der Waals surface area contributed by atoms with Gasteiger partial charge >= 0.3 is 5.97 Å². The van der Waals surface area contributed by atoms with Crippen molar-refractivity contribution in [3.63, 3.8) is 0 Å². The van der Waals surface area contributed by atoms with Crippen LogP contribution in [0, 0.1) is 11.8 Å². The molecule has 4 nitrogen and oxygen atoms in total. The number of carbonyl (C=O) groups excluding carboxylic acids is 1. The molecule has 5 heteroatoms. The van der Waals surface area contributed by atoms with Crippen LogP contribution >= 0.6 is 11.6 Å². The van der Waals surface area contributed by atoms with Gasteiger partial charge in [0.1, 0.15) is 0 Å². The van der Waals surface area contributed by atoms with Crippen LogP contribution in [0.4, 0.5) is 5.69 Å². The van der Waals surface area contributed by atoms with Crippen molar-refractivity contribution in [2.24, 2.45) is 11.8 Å². The quantitative estimate of drug-likeness (QED) is 0.836. The minimum Gasteiger partial charge on any atom is -0.481 e. The first-order valence-electron chi connectivity index (χ1n) is 6.02. The molecule has 1 aliphatic rings. The summed E-state index contributed by atoms with van der Waals surface area (Å²) in [5.41, 5.74) is 0.619. The van der Waals surface area contributed by atoms with E-state index in [9.17, 15) is 9.59 Å². The van der Waals surface area contributed by atoms with Crippen LogP contribution in [0.5, 0.6) is 0 Å². The van der Waals surface area contributed by atoms with Gasteiger partial charge < -0.3 is 10.4 Å². The molecule has 19 heavy (non-hydrogen) atoms. The zero-order valence-electron chi connectivity index (χ0n) is 10.2. The zero-order chi connectivity index (χ0) is 13.8. The molecule has 1 aromatic rings. The number of hydrogen-bond acceptors (Lipinski definition) is 2. The highest BCUT2D eigenvalue weighted by Crippen LogP contribution is 2.27. The summed E-state index contributed by atoms with van der Waals surface area (Å²) in [4.78, 5) is 23.3. The number of rotatable bonds is 3. The van der Waals surface area contributed by atoms with Crippen LogP contribution in [-0.2, 0) is 9.59 Å². The molecule has 2 unspecified atom stereocenters. The molecular formula is C14H14ClNO3. The van der Waals surface area contributed by atoms with E-state index in [-0.39, 0.29) is 5.91 Å². The number of aliphatic carboxylic acids is 1. The lowest BCUT2D eigenvalue weighted by atomic mass is 9.82.